The highest BCUT2D eigenvalue weighted by Gasteiger charge is 2.08. The number of aryl methyl sites for hydroxylation is 1. The predicted octanol–water partition coefficient (Wildman–Crippen LogP) is 2.62. The highest BCUT2D eigenvalue weighted by Crippen LogP contribution is 2.17. The first-order valence-corrected chi connectivity index (χ1v) is 5.80. The van der Waals surface area contributed by atoms with E-state index in [0.29, 0.717) is 5.56 Å². The van der Waals surface area contributed by atoms with Crippen LogP contribution in [0.15, 0.2) is 24.4 Å². The molecule has 0 bridgehead atoms. The number of hydrogen-bond acceptors (Lipinski definition) is 3. The van der Waals surface area contributed by atoms with Crippen LogP contribution in [0.4, 0.5) is 0 Å². The normalized spacial score (nSPS) is 10.7. The first-order valence-electron chi connectivity index (χ1n) is 5.80. The molecule has 1 aromatic heterocycles. The van der Waals surface area contributed by atoms with Gasteiger partial charge >= 0.3 is 5.97 Å². The molecular formula is C13H16N2O2. The van der Waals surface area contributed by atoms with E-state index in [1.807, 2.05) is 23.0 Å². The summed E-state index contributed by atoms with van der Waals surface area (Å²) in [5, 5.41) is 5.37. The van der Waals surface area contributed by atoms with Gasteiger partial charge in [-0.3, -0.25) is 4.68 Å². The molecule has 0 aliphatic rings. The predicted molar refractivity (Wildman–Crippen MR) is 66.0 cm³/mol. The summed E-state index contributed by atoms with van der Waals surface area (Å²) in [5.41, 5.74) is 1.56. The molecule has 2 rings (SSSR count). The summed E-state index contributed by atoms with van der Waals surface area (Å²) < 4.78 is 6.65. The van der Waals surface area contributed by atoms with Gasteiger partial charge in [-0.15, -0.1) is 0 Å². The molecule has 0 spiro atoms. The topological polar surface area (TPSA) is 44.1 Å². The van der Waals surface area contributed by atoms with E-state index < -0.39 is 0 Å². The van der Waals surface area contributed by atoms with Gasteiger partial charge in [0.15, 0.2) is 0 Å². The van der Waals surface area contributed by atoms with Crippen LogP contribution in [0.25, 0.3) is 10.9 Å². The fourth-order valence-electron chi connectivity index (χ4n) is 1.80. The smallest absolute Gasteiger partial charge is 0.337 e. The lowest BCUT2D eigenvalue weighted by Crippen LogP contribution is -2.03. The summed E-state index contributed by atoms with van der Waals surface area (Å²) in [7, 11) is 1.39. The Balaban J connectivity index is 2.39. The average Bonchev–Trinajstić information content (AvgIpc) is 2.77. The van der Waals surface area contributed by atoms with Crippen LogP contribution in [0.2, 0.25) is 0 Å². The van der Waals surface area contributed by atoms with E-state index >= 15 is 0 Å². The molecule has 0 saturated heterocycles. The number of unbranched alkanes of at least 4 members (excludes halogenated alkanes) is 1. The molecule has 0 N–H and O–H groups in total. The minimum atomic E-state index is -0.310. The number of hydrogen-bond donors (Lipinski definition) is 0. The van der Waals surface area contributed by atoms with Gasteiger partial charge in [0.25, 0.3) is 0 Å². The van der Waals surface area contributed by atoms with Crippen molar-refractivity contribution in [1.82, 2.24) is 9.78 Å². The molecule has 0 aliphatic heterocycles. The Labute approximate surface area is 100 Å². The molecule has 1 aromatic carbocycles. The van der Waals surface area contributed by atoms with E-state index in [1.165, 1.54) is 7.11 Å². The summed E-state index contributed by atoms with van der Waals surface area (Å²) in [5.74, 6) is -0.310. The lowest BCUT2D eigenvalue weighted by molar-refractivity contribution is 0.0601. The second kappa shape index (κ2) is 4.99. The Morgan fingerprint density at radius 2 is 2.29 bits per heavy atom. The number of ether oxygens (including phenoxy) is 1. The van der Waals surface area contributed by atoms with Crippen molar-refractivity contribution in [2.45, 2.75) is 26.3 Å². The average molecular weight is 232 g/mol. The number of nitrogens with zero attached hydrogens (tertiary/aromatic N) is 2. The van der Waals surface area contributed by atoms with Crippen molar-refractivity contribution in [3.05, 3.63) is 30.0 Å². The molecule has 0 aliphatic carbocycles. The van der Waals surface area contributed by atoms with Crippen LogP contribution in [0.3, 0.4) is 0 Å². The van der Waals surface area contributed by atoms with Gasteiger partial charge in [-0.05, 0) is 18.6 Å². The number of carbonyl (C=O) groups excluding carboxylic acids is 1. The minimum absolute atomic E-state index is 0.310. The first-order chi connectivity index (χ1) is 8.26. The lowest BCUT2D eigenvalue weighted by atomic mass is 10.1. The lowest BCUT2D eigenvalue weighted by Gasteiger charge is -2.03. The molecule has 2 aromatic rings. The second-order valence-electron chi connectivity index (χ2n) is 3.99. The molecule has 0 amide bonds. The van der Waals surface area contributed by atoms with Crippen LogP contribution >= 0.6 is 0 Å². The molecule has 1 heterocycles. The molecule has 0 radical (unpaired) electrons. The van der Waals surface area contributed by atoms with Crippen LogP contribution in [0.1, 0.15) is 30.1 Å². The molecule has 0 unspecified atom stereocenters. The van der Waals surface area contributed by atoms with Crippen molar-refractivity contribution in [2.24, 2.45) is 0 Å². The van der Waals surface area contributed by atoms with Crippen molar-refractivity contribution in [3.63, 3.8) is 0 Å². The van der Waals surface area contributed by atoms with Crippen molar-refractivity contribution < 1.29 is 9.53 Å². The molecule has 0 atom stereocenters. The zero-order valence-electron chi connectivity index (χ0n) is 10.1. The number of esters is 1. The van der Waals surface area contributed by atoms with Crippen molar-refractivity contribution in [2.75, 3.05) is 7.11 Å². The number of benzene rings is 1. The van der Waals surface area contributed by atoms with E-state index in [-0.39, 0.29) is 5.97 Å². The maximum atomic E-state index is 11.5. The van der Waals surface area contributed by atoms with E-state index in [0.717, 1.165) is 30.3 Å². The second-order valence-corrected chi connectivity index (χ2v) is 3.99. The number of fused-ring (bicyclic) bond motifs is 1. The van der Waals surface area contributed by atoms with Gasteiger partial charge < -0.3 is 4.74 Å². The van der Waals surface area contributed by atoms with E-state index in [4.69, 9.17) is 4.74 Å². The standard InChI is InChI=1S/C13H16N2O2/c1-3-4-7-15-12-8-10(13(16)17-2)5-6-11(12)9-14-15/h5-6,8-9H,3-4,7H2,1-2H3. The van der Waals surface area contributed by atoms with Gasteiger partial charge in [-0.2, -0.15) is 5.10 Å². The van der Waals surface area contributed by atoms with Crippen LogP contribution in [0.5, 0.6) is 0 Å². The zero-order valence-corrected chi connectivity index (χ0v) is 10.1. The van der Waals surface area contributed by atoms with E-state index in [1.54, 1.807) is 6.07 Å². The Hall–Kier alpha value is -1.84. The van der Waals surface area contributed by atoms with Crippen LogP contribution in [-0.4, -0.2) is 22.9 Å². The fraction of sp³-hybridized carbons (Fsp3) is 0.385. The Morgan fingerprint density at radius 1 is 1.47 bits per heavy atom. The monoisotopic (exact) mass is 232 g/mol. The molecule has 4 nitrogen and oxygen atoms in total. The van der Waals surface area contributed by atoms with Crippen molar-refractivity contribution >= 4 is 16.9 Å². The Morgan fingerprint density at radius 3 is 3.00 bits per heavy atom. The quantitative estimate of drug-likeness (QED) is 0.761. The van der Waals surface area contributed by atoms with Gasteiger partial charge in [-0.25, -0.2) is 4.79 Å². The highest BCUT2D eigenvalue weighted by molar-refractivity contribution is 5.94. The van der Waals surface area contributed by atoms with E-state index in [2.05, 4.69) is 12.0 Å². The maximum absolute atomic E-state index is 11.5. The van der Waals surface area contributed by atoms with E-state index in [9.17, 15) is 4.79 Å². The summed E-state index contributed by atoms with van der Waals surface area (Å²) in [6.07, 6.45) is 4.03. The molecule has 0 fully saturated rings. The number of methoxy groups -OCH3 is 1. The molecular weight excluding hydrogens is 216 g/mol. The largest absolute Gasteiger partial charge is 0.465 e. The number of carbonyl (C=O) groups is 1. The fourth-order valence-corrected chi connectivity index (χ4v) is 1.80. The van der Waals surface area contributed by atoms with Crippen molar-refractivity contribution in [3.8, 4) is 0 Å². The van der Waals surface area contributed by atoms with Gasteiger partial charge in [0.2, 0.25) is 0 Å². The molecule has 0 saturated carbocycles. The summed E-state index contributed by atoms with van der Waals surface area (Å²) in [6, 6.07) is 5.50. The Kier molecular flexibility index (Phi) is 3.42. The third-order valence-electron chi connectivity index (χ3n) is 2.79. The van der Waals surface area contributed by atoms with Gasteiger partial charge in [-0.1, -0.05) is 19.4 Å². The van der Waals surface area contributed by atoms with Gasteiger partial charge in [0, 0.05) is 11.9 Å². The SMILES string of the molecule is CCCCn1ncc2ccc(C(=O)OC)cc21. The van der Waals surface area contributed by atoms with Crippen molar-refractivity contribution in [1.29, 1.82) is 0 Å². The zero-order chi connectivity index (χ0) is 12.3. The third-order valence-corrected chi connectivity index (χ3v) is 2.79. The Bertz CT molecular complexity index is 531. The third kappa shape index (κ3) is 2.30. The number of aromatic nitrogens is 2. The van der Waals surface area contributed by atoms with Crippen LogP contribution in [-0.2, 0) is 11.3 Å². The van der Waals surface area contributed by atoms with Gasteiger partial charge in [0.1, 0.15) is 0 Å². The molecule has 4 heteroatoms. The maximum Gasteiger partial charge on any atom is 0.337 e. The number of rotatable bonds is 4. The van der Waals surface area contributed by atoms with Crippen LogP contribution < -0.4 is 0 Å². The highest BCUT2D eigenvalue weighted by atomic mass is 16.5. The minimum Gasteiger partial charge on any atom is -0.465 e. The summed E-state index contributed by atoms with van der Waals surface area (Å²) >= 11 is 0. The first kappa shape index (κ1) is 11.6. The summed E-state index contributed by atoms with van der Waals surface area (Å²) in [6.45, 7) is 3.02. The van der Waals surface area contributed by atoms with Gasteiger partial charge in [0.05, 0.1) is 24.4 Å². The summed E-state index contributed by atoms with van der Waals surface area (Å²) in [4.78, 5) is 11.5. The van der Waals surface area contributed by atoms with Crippen LogP contribution in [0, 0.1) is 0 Å². The molecule has 90 valence electrons. The molecule has 17 heavy (non-hydrogen) atoms.